The van der Waals surface area contributed by atoms with E-state index in [1.165, 1.54) is 0 Å². The maximum Gasteiger partial charge on any atom is 0.254 e. The third kappa shape index (κ3) is 4.33. The summed E-state index contributed by atoms with van der Waals surface area (Å²) in [5, 5.41) is 0.700. The summed E-state index contributed by atoms with van der Waals surface area (Å²) in [4.78, 5) is 14.6. The Bertz CT molecular complexity index is 748. The van der Waals surface area contributed by atoms with Gasteiger partial charge >= 0.3 is 0 Å². The van der Waals surface area contributed by atoms with Crippen LogP contribution in [0.15, 0.2) is 48.5 Å². The van der Waals surface area contributed by atoms with E-state index in [-0.39, 0.29) is 11.3 Å². The van der Waals surface area contributed by atoms with E-state index >= 15 is 0 Å². The van der Waals surface area contributed by atoms with E-state index < -0.39 is 0 Å². The van der Waals surface area contributed by atoms with Gasteiger partial charge in [0.2, 0.25) is 0 Å². The summed E-state index contributed by atoms with van der Waals surface area (Å²) in [5.74, 6) is 0.718. The van der Waals surface area contributed by atoms with Crippen LogP contribution in [0.3, 0.4) is 0 Å². The molecule has 2 N–H and O–H groups in total. The number of hydrogen-bond donors (Lipinski definition) is 1. The van der Waals surface area contributed by atoms with Crippen LogP contribution in [0.4, 0.5) is 0 Å². The zero-order valence-corrected chi connectivity index (χ0v) is 15.1. The molecular formula is C20H23ClN2O2. The number of nitrogens with zero attached hydrogens (tertiary/aromatic N) is 1. The summed E-state index contributed by atoms with van der Waals surface area (Å²) in [5.41, 5.74) is 7.53. The molecule has 0 spiro atoms. The lowest BCUT2D eigenvalue weighted by atomic mass is 9.90. The van der Waals surface area contributed by atoms with Crippen molar-refractivity contribution in [2.24, 2.45) is 11.1 Å². The summed E-state index contributed by atoms with van der Waals surface area (Å²) in [6, 6.07) is 14.9. The molecule has 1 amide bonds. The molecule has 2 aromatic rings. The van der Waals surface area contributed by atoms with Crippen molar-refractivity contribution in [1.82, 2.24) is 4.90 Å². The molecule has 0 bridgehead atoms. The van der Waals surface area contributed by atoms with Crippen LogP contribution >= 0.6 is 11.6 Å². The molecule has 1 unspecified atom stereocenters. The first-order valence-electron chi connectivity index (χ1n) is 8.46. The predicted molar refractivity (Wildman–Crippen MR) is 99.9 cm³/mol. The first-order chi connectivity index (χ1) is 12.0. The third-order valence-electron chi connectivity index (χ3n) is 4.74. The highest BCUT2D eigenvalue weighted by Crippen LogP contribution is 2.30. The molecule has 0 saturated carbocycles. The molecule has 0 aliphatic carbocycles. The molecule has 25 heavy (non-hydrogen) atoms. The molecule has 3 rings (SSSR count). The van der Waals surface area contributed by atoms with E-state index in [0.29, 0.717) is 36.0 Å². The van der Waals surface area contributed by atoms with Crippen LogP contribution in [0.5, 0.6) is 5.75 Å². The van der Waals surface area contributed by atoms with Crippen LogP contribution in [0, 0.1) is 5.41 Å². The van der Waals surface area contributed by atoms with Crippen molar-refractivity contribution in [3.63, 3.8) is 0 Å². The van der Waals surface area contributed by atoms with Crippen LogP contribution in [0.25, 0.3) is 0 Å². The van der Waals surface area contributed by atoms with Crippen LogP contribution in [-0.4, -0.2) is 30.4 Å². The minimum atomic E-state index is 0.0261. The highest BCUT2D eigenvalue weighted by atomic mass is 35.5. The van der Waals surface area contributed by atoms with Crippen molar-refractivity contribution in [1.29, 1.82) is 0 Å². The Morgan fingerprint density at radius 1 is 1.28 bits per heavy atom. The van der Waals surface area contributed by atoms with E-state index in [1.54, 1.807) is 6.07 Å². The Hall–Kier alpha value is -2.04. The van der Waals surface area contributed by atoms with E-state index in [9.17, 15) is 4.79 Å². The van der Waals surface area contributed by atoms with Gasteiger partial charge in [-0.1, -0.05) is 36.7 Å². The van der Waals surface area contributed by atoms with E-state index in [1.807, 2.05) is 47.4 Å². The number of nitrogens with two attached hydrogens (primary N) is 1. The summed E-state index contributed by atoms with van der Waals surface area (Å²) >= 11 is 5.89. The van der Waals surface area contributed by atoms with Crippen molar-refractivity contribution >= 4 is 17.5 Å². The quantitative estimate of drug-likeness (QED) is 0.886. The minimum absolute atomic E-state index is 0.0261. The molecule has 1 aliphatic heterocycles. The van der Waals surface area contributed by atoms with E-state index in [0.717, 1.165) is 18.5 Å². The molecule has 0 aromatic heterocycles. The lowest BCUT2D eigenvalue weighted by Crippen LogP contribution is -2.34. The maximum atomic E-state index is 12.7. The van der Waals surface area contributed by atoms with E-state index in [2.05, 4.69) is 6.92 Å². The Morgan fingerprint density at radius 3 is 2.72 bits per heavy atom. The fourth-order valence-corrected chi connectivity index (χ4v) is 3.14. The fourth-order valence-electron chi connectivity index (χ4n) is 3.01. The number of halogens is 1. The van der Waals surface area contributed by atoms with Gasteiger partial charge in [-0.3, -0.25) is 4.79 Å². The molecule has 1 saturated heterocycles. The normalized spacial score (nSPS) is 19.9. The second kappa shape index (κ2) is 7.46. The lowest BCUT2D eigenvalue weighted by molar-refractivity contribution is 0.0776. The van der Waals surface area contributed by atoms with Gasteiger partial charge in [-0.2, -0.15) is 0 Å². The SMILES string of the molecule is CC1(CN)CCN(C(=O)c2cccc(OCc3ccc(Cl)cc3)c2)C1. The molecule has 0 radical (unpaired) electrons. The number of rotatable bonds is 5. The zero-order valence-electron chi connectivity index (χ0n) is 14.4. The number of amides is 1. The summed E-state index contributed by atoms with van der Waals surface area (Å²) in [7, 11) is 0. The maximum absolute atomic E-state index is 12.7. The first-order valence-corrected chi connectivity index (χ1v) is 8.84. The van der Waals surface area contributed by atoms with Crippen LogP contribution in [0.1, 0.15) is 29.3 Å². The molecule has 4 nitrogen and oxygen atoms in total. The van der Waals surface area contributed by atoms with Crippen molar-refractivity contribution in [2.75, 3.05) is 19.6 Å². The summed E-state index contributed by atoms with van der Waals surface area (Å²) in [6.07, 6.45) is 0.946. The van der Waals surface area contributed by atoms with Crippen LogP contribution in [-0.2, 0) is 6.61 Å². The molecule has 1 atom stereocenters. The zero-order chi connectivity index (χ0) is 17.9. The number of benzene rings is 2. The summed E-state index contributed by atoms with van der Waals surface area (Å²) in [6.45, 7) is 4.62. The number of carbonyl (C=O) groups is 1. The Kier molecular flexibility index (Phi) is 5.30. The van der Waals surface area contributed by atoms with Gasteiger partial charge in [0, 0.05) is 23.7 Å². The van der Waals surface area contributed by atoms with Gasteiger partial charge < -0.3 is 15.4 Å². The molecular weight excluding hydrogens is 336 g/mol. The van der Waals surface area contributed by atoms with Crippen molar-refractivity contribution in [3.05, 3.63) is 64.7 Å². The van der Waals surface area contributed by atoms with Gasteiger partial charge in [0.1, 0.15) is 12.4 Å². The fraction of sp³-hybridized carbons (Fsp3) is 0.350. The largest absolute Gasteiger partial charge is 0.489 e. The highest BCUT2D eigenvalue weighted by Gasteiger charge is 2.35. The van der Waals surface area contributed by atoms with Crippen LogP contribution < -0.4 is 10.5 Å². The Morgan fingerprint density at radius 2 is 2.04 bits per heavy atom. The first kappa shape index (κ1) is 17.8. The monoisotopic (exact) mass is 358 g/mol. The lowest BCUT2D eigenvalue weighted by Gasteiger charge is -2.22. The average molecular weight is 359 g/mol. The molecule has 132 valence electrons. The van der Waals surface area contributed by atoms with Gasteiger partial charge in [0.05, 0.1) is 0 Å². The Labute approximate surface area is 153 Å². The molecule has 2 aromatic carbocycles. The minimum Gasteiger partial charge on any atom is -0.489 e. The average Bonchev–Trinajstić information content (AvgIpc) is 3.04. The van der Waals surface area contributed by atoms with Crippen molar-refractivity contribution < 1.29 is 9.53 Å². The number of ether oxygens (including phenoxy) is 1. The van der Waals surface area contributed by atoms with Gasteiger partial charge in [-0.15, -0.1) is 0 Å². The number of carbonyl (C=O) groups excluding carboxylic acids is 1. The molecule has 1 fully saturated rings. The summed E-state index contributed by atoms with van der Waals surface area (Å²) < 4.78 is 5.81. The van der Waals surface area contributed by atoms with Crippen molar-refractivity contribution in [2.45, 2.75) is 20.0 Å². The van der Waals surface area contributed by atoms with Gasteiger partial charge in [-0.25, -0.2) is 0 Å². The second-order valence-corrected chi connectivity index (χ2v) is 7.37. The smallest absolute Gasteiger partial charge is 0.254 e. The van der Waals surface area contributed by atoms with Gasteiger partial charge in [-0.05, 0) is 54.3 Å². The molecule has 5 heteroatoms. The standard InChI is InChI=1S/C20H23ClN2O2/c1-20(13-22)9-10-23(14-20)19(24)16-3-2-4-18(11-16)25-12-15-5-7-17(21)8-6-15/h2-8,11H,9-10,12-14,22H2,1H3. The van der Waals surface area contributed by atoms with Crippen LogP contribution in [0.2, 0.25) is 5.02 Å². The highest BCUT2D eigenvalue weighted by molar-refractivity contribution is 6.30. The van der Waals surface area contributed by atoms with Crippen molar-refractivity contribution in [3.8, 4) is 5.75 Å². The number of hydrogen-bond acceptors (Lipinski definition) is 3. The molecule has 1 aliphatic rings. The number of likely N-dealkylation sites (tertiary alicyclic amines) is 1. The predicted octanol–water partition coefficient (Wildman–Crippen LogP) is 3.73. The van der Waals surface area contributed by atoms with E-state index in [4.69, 9.17) is 22.1 Å². The second-order valence-electron chi connectivity index (χ2n) is 6.93. The molecule has 1 heterocycles. The Balaban J connectivity index is 1.65. The van der Waals surface area contributed by atoms with Gasteiger partial charge in [0.15, 0.2) is 0 Å². The third-order valence-corrected chi connectivity index (χ3v) is 4.99. The van der Waals surface area contributed by atoms with Gasteiger partial charge in [0.25, 0.3) is 5.91 Å². The topological polar surface area (TPSA) is 55.6 Å².